The number of hydrogen-bond donors (Lipinski definition) is 4. The molecule has 4 nitrogen and oxygen atoms in total. The van der Waals surface area contributed by atoms with E-state index >= 15 is 0 Å². The zero-order valence-corrected chi connectivity index (χ0v) is 8.80. The highest BCUT2D eigenvalue weighted by molar-refractivity contribution is 5.50. The number of phenols is 1. The molecular formula is C12H15N3O. The second-order valence-corrected chi connectivity index (χ2v) is 3.07. The molecule has 0 spiro atoms. The Kier molecular flexibility index (Phi) is 4.69. The van der Waals surface area contributed by atoms with Crippen LogP contribution in [0.25, 0.3) is 0 Å². The number of aromatic hydroxyl groups is 1. The second-order valence-electron chi connectivity index (χ2n) is 3.07. The van der Waals surface area contributed by atoms with Crippen molar-refractivity contribution in [3.8, 4) is 5.75 Å². The van der Waals surface area contributed by atoms with Crippen molar-refractivity contribution in [2.24, 2.45) is 5.84 Å². The van der Waals surface area contributed by atoms with Gasteiger partial charge in [0.2, 0.25) is 0 Å². The summed E-state index contributed by atoms with van der Waals surface area (Å²) >= 11 is 0. The fraction of sp³-hybridized carbons (Fsp3) is 0. The van der Waals surface area contributed by atoms with Gasteiger partial charge in [-0.1, -0.05) is 30.3 Å². The van der Waals surface area contributed by atoms with Gasteiger partial charge in [-0.25, -0.2) is 0 Å². The van der Waals surface area contributed by atoms with Crippen molar-refractivity contribution in [1.29, 1.82) is 0 Å². The molecule has 6 N–H and O–H groups in total. The van der Waals surface area contributed by atoms with Crippen LogP contribution in [0.2, 0.25) is 0 Å². The highest BCUT2D eigenvalue weighted by atomic mass is 16.3. The zero-order chi connectivity index (χ0) is 11.8. The number of nitrogens with one attached hydrogen (secondary N) is 1. The van der Waals surface area contributed by atoms with Gasteiger partial charge >= 0.3 is 0 Å². The molecule has 0 bridgehead atoms. The van der Waals surface area contributed by atoms with Crippen LogP contribution >= 0.6 is 0 Å². The van der Waals surface area contributed by atoms with E-state index in [4.69, 9.17) is 16.7 Å². The molecular weight excluding hydrogens is 202 g/mol. The number of hydrogen-bond acceptors (Lipinski definition) is 4. The first kappa shape index (κ1) is 11.9. The van der Waals surface area contributed by atoms with E-state index in [9.17, 15) is 0 Å². The molecule has 0 aliphatic heterocycles. The summed E-state index contributed by atoms with van der Waals surface area (Å²) in [5, 5.41) is 8.79. The number of phenolic OH excluding ortho intramolecular Hbond substituents is 1. The van der Waals surface area contributed by atoms with E-state index in [1.807, 2.05) is 30.3 Å². The van der Waals surface area contributed by atoms with Crippen molar-refractivity contribution >= 4 is 11.4 Å². The van der Waals surface area contributed by atoms with Gasteiger partial charge in [-0.2, -0.15) is 0 Å². The van der Waals surface area contributed by atoms with E-state index in [0.717, 1.165) is 5.69 Å². The molecule has 0 unspecified atom stereocenters. The Morgan fingerprint density at radius 1 is 0.875 bits per heavy atom. The van der Waals surface area contributed by atoms with Crippen molar-refractivity contribution in [3.63, 3.8) is 0 Å². The lowest BCUT2D eigenvalue weighted by atomic mass is 10.3. The summed E-state index contributed by atoms with van der Waals surface area (Å²) in [7, 11) is 0. The van der Waals surface area contributed by atoms with Gasteiger partial charge in [0.05, 0.1) is 5.69 Å². The summed E-state index contributed by atoms with van der Waals surface area (Å²) in [6, 6.07) is 16.3. The summed E-state index contributed by atoms with van der Waals surface area (Å²) < 4.78 is 0. The van der Waals surface area contributed by atoms with E-state index in [1.165, 1.54) is 0 Å². The molecule has 16 heavy (non-hydrogen) atoms. The first-order valence-electron chi connectivity index (χ1n) is 4.79. The van der Waals surface area contributed by atoms with E-state index in [2.05, 4.69) is 5.43 Å². The van der Waals surface area contributed by atoms with Crippen LogP contribution in [0.4, 0.5) is 11.4 Å². The smallest absolute Gasteiger partial charge is 0.138 e. The van der Waals surface area contributed by atoms with Crippen molar-refractivity contribution < 1.29 is 5.11 Å². The average molecular weight is 217 g/mol. The van der Waals surface area contributed by atoms with E-state index < -0.39 is 0 Å². The van der Waals surface area contributed by atoms with Gasteiger partial charge in [0, 0.05) is 5.69 Å². The minimum atomic E-state index is 0.146. The molecule has 0 amide bonds. The van der Waals surface area contributed by atoms with Gasteiger partial charge in [-0.3, -0.25) is 5.84 Å². The third-order valence-corrected chi connectivity index (χ3v) is 1.88. The van der Waals surface area contributed by atoms with Gasteiger partial charge in [0.1, 0.15) is 5.75 Å². The molecule has 0 atom stereocenters. The maximum absolute atomic E-state index is 8.79. The van der Waals surface area contributed by atoms with Gasteiger partial charge in [0.25, 0.3) is 0 Å². The first-order chi connectivity index (χ1) is 7.74. The van der Waals surface area contributed by atoms with E-state index in [0.29, 0.717) is 5.69 Å². The lowest BCUT2D eigenvalue weighted by Crippen LogP contribution is -2.05. The maximum atomic E-state index is 8.79. The third-order valence-electron chi connectivity index (χ3n) is 1.88. The minimum Gasteiger partial charge on any atom is -0.506 e. The quantitative estimate of drug-likeness (QED) is 0.254. The molecule has 0 aliphatic rings. The Balaban J connectivity index is 0.000000160. The average Bonchev–Trinajstić information content (AvgIpc) is 2.35. The molecule has 0 heterocycles. The third kappa shape index (κ3) is 3.89. The van der Waals surface area contributed by atoms with Crippen molar-refractivity contribution in [1.82, 2.24) is 0 Å². The van der Waals surface area contributed by atoms with Crippen molar-refractivity contribution in [2.45, 2.75) is 0 Å². The van der Waals surface area contributed by atoms with Gasteiger partial charge < -0.3 is 16.3 Å². The number of benzene rings is 2. The summed E-state index contributed by atoms with van der Waals surface area (Å²) in [4.78, 5) is 0. The second kappa shape index (κ2) is 6.31. The Labute approximate surface area is 94.5 Å². The molecule has 0 radical (unpaired) electrons. The first-order valence-corrected chi connectivity index (χ1v) is 4.79. The van der Waals surface area contributed by atoms with Crippen LogP contribution in [0.1, 0.15) is 0 Å². The molecule has 2 aromatic carbocycles. The summed E-state index contributed by atoms with van der Waals surface area (Å²) in [5.41, 5.74) is 9.16. The Morgan fingerprint density at radius 3 is 1.81 bits per heavy atom. The Morgan fingerprint density at radius 2 is 1.44 bits per heavy atom. The van der Waals surface area contributed by atoms with E-state index in [-0.39, 0.29) is 5.75 Å². The molecule has 0 saturated carbocycles. The van der Waals surface area contributed by atoms with Crippen LogP contribution in [0, 0.1) is 0 Å². The fourth-order valence-electron chi connectivity index (χ4n) is 1.02. The standard InChI is InChI=1S/C6H8N2.C6H7NO/c7-8-6-4-2-1-3-5-6;7-5-3-1-2-4-6(5)8/h1-5,8H,7H2;1-4,8H,7H2. The maximum Gasteiger partial charge on any atom is 0.138 e. The molecule has 0 saturated heterocycles. The summed E-state index contributed by atoms with van der Waals surface area (Å²) in [6.45, 7) is 0. The number of para-hydroxylation sites is 3. The van der Waals surface area contributed by atoms with Gasteiger partial charge in [-0.15, -0.1) is 0 Å². The summed E-state index contributed by atoms with van der Waals surface area (Å²) in [5.74, 6) is 5.25. The normalized spacial score (nSPS) is 8.81. The van der Waals surface area contributed by atoms with Gasteiger partial charge in [-0.05, 0) is 24.3 Å². The number of nitrogen functional groups attached to an aromatic ring is 2. The van der Waals surface area contributed by atoms with Crippen LogP contribution < -0.4 is 17.0 Å². The van der Waals surface area contributed by atoms with Crippen molar-refractivity contribution in [2.75, 3.05) is 11.2 Å². The summed E-state index contributed by atoms with van der Waals surface area (Å²) in [6.07, 6.45) is 0. The Hall–Kier alpha value is -2.20. The lowest BCUT2D eigenvalue weighted by molar-refractivity contribution is 0.478. The zero-order valence-electron chi connectivity index (χ0n) is 8.80. The van der Waals surface area contributed by atoms with Crippen LogP contribution in [0.15, 0.2) is 54.6 Å². The number of anilines is 2. The fourth-order valence-corrected chi connectivity index (χ4v) is 1.02. The predicted octanol–water partition coefficient (Wildman–Crippen LogP) is 1.95. The van der Waals surface area contributed by atoms with Crippen LogP contribution in [-0.4, -0.2) is 5.11 Å². The van der Waals surface area contributed by atoms with Gasteiger partial charge in [0.15, 0.2) is 0 Å². The number of hydrazine groups is 1. The van der Waals surface area contributed by atoms with Crippen LogP contribution in [0.3, 0.4) is 0 Å². The number of rotatable bonds is 1. The minimum absolute atomic E-state index is 0.146. The van der Waals surface area contributed by atoms with E-state index in [1.54, 1.807) is 24.3 Å². The topological polar surface area (TPSA) is 84.3 Å². The largest absolute Gasteiger partial charge is 0.506 e. The lowest BCUT2D eigenvalue weighted by Gasteiger charge is -1.94. The Bertz CT molecular complexity index is 397. The highest BCUT2D eigenvalue weighted by Gasteiger charge is 1.87. The highest BCUT2D eigenvalue weighted by Crippen LogP contribution is 2.16. The monoisotopic (exact) mass is 217 g/mol. The predicted molar refractivity (Wildman–Crippen MR) is 66.8 cm³/mol. The molecule has 2 rings (SSSR count). The number of nitrogens with two attached hydrogens (primary N) is 2. The molecule has 2 aromatic rings. The molecule has 84 valence electrons. The van der Waals surface area contributed by atoms with Crippen LogP contribution in [0.5, 0.6) is 5.75 Å². The van der Waals surface area contributed by atoms with Crippen molar-refractivity contribution in [3.05, 3.63) is 54.6 Å². The SMILES string of the molecule is NNc1ccccc1.Nc1ccccc1O. The molecule has 0 fully saturated rings. The molecule has 0 aromatic heterocycles. The molecule has 4 heteroatoms. The van der Waals surface area contributed by atoms with Crippen LogP contribution in [-0.2, 0) is 0 Å². The molecule has 0 aliphatic carbocycles.